The fraction of sp³-hybridized carbons (Fsp3) is 0.609. The Kier molecular flexibility index (Phi) is 8.52. The number of rotatable bonds is 10. The molecule has 1 aromatic carbocycles. The molecular weight excluding hydrogens is 340 g/mol. The van der Waals surface area contributed by atoms with Crippen LogP contribution in [0, 0.1) is 11.8 Å². The highest BCUT2D eigenvalue weighted by atomic mass is 16.4. The summed E-state index contributed by atoms with van der Waals surface area (Å²) >= 11 is 0. The van der Waals surface area contributed by atoms with E-state index in [0.717, 1.165) is 44.9 Å². The van der Waals surface area contributed by atoms with Gasteiger partial charge in [0.25, 0.3) is 0 Å². The second-order valence-corrected chi connectivity index (χ2v) is 7.93. The van der Waals surface area contributed by atoms with Gasteiger partial charge >= 0.3 is 5.97 Å². The number of hydrogen-bond acceptors (Lipinski definition) is 3. The molecule has 4 atom stereocenters. The molecule has 0 saturated heterocycles. The SMILES string of the molecule is CCC1[C@H](C=CC(O)CCCCc2ccccc2)CCC[C@]1(O)CC(=O)O. The minimum Gasteiger partial charge on any atom is -0.481 e. The second-order valence-electron chi connectivity index (χ2n) is 7.93. The molecular formula is C23H34O4. The molecule has 0 aliphatic heterocycles. The van der Waals surface area contributed by atoms with Crippen LogP contribution in [0.1, 0.15) is 63.9 Å². The summed E-state index contributed by atoms with van der Waals surface area (Å²) in [5.41, 5.74) is 0.197. The summed E-state index contributed by atoms with van der Waals surface area (Å²) in [7, 11) is 0. The van der Waals surface area contributed by atoms with Crippen molar-refractivity contribution in [2.75, 3.05) is 0 Å². The molecule has 0 radical (unpaired) electrons. The molecule has 0 aromatic heterocycles. The van der Waals surface area contributed by atoms with Crippen LogP contribution in [0.25, 0.3) is 0 Å². The third kappa shape index (κ3) is 6.78. The molecule has 1 aliphatic rings. The van der Waals surface area contributed by atoms with Crippen LogP contribution in [0.5, 0.6) is 0 Å². The summed E-state index contributed by atoms with van der Waals surface area (Å²) in [6.45, 7) is 2.00. The van der Waals surface area contributed by atoms with E-state index in [1.807, 2.05) is 37.3 Å². The summed E-state index contributed by atoms with van der Waals surface area (Å²) < 4.78 is 0. The van der Waals surface area contributed by atoms with Gasteiger partial charge in [-0.3, -0.25) is 4.79 Å². The normalized spacial score (nSPS) is 26.9. The number of hydrogen-bond donors (Lipinski definition) is 3. The predicted octanol–water partition coefficient (Wildman–Crippen LogP) is 4.35. The lowest BCUT2D eigenvalue weighted by Gasteiger charge is -2.43. The minimum atomic E-state index is -1.13. The van der Waals surface area contributed by atoms with E-state index in [0.29, 0.717) is 6.42 Å². The van der Waals surface area contributed by atoms with Crippen LogP contribution in [0.3, 0.4) is 0 Å². The Labute approximate surface area is 162 Å². The van der Waals surface area contributed by atoms with E-state index >= 15 is 0 Å². The van der Waals surface area contributed by atoms with E-state index in [-0.39, 0.29) is 18.3 Å². The molecule has 0 spiro atoms. The molecule has 0 bridgehead atoms. The molecule has 27 heavy (non-hydrogen) atoms. The highest BCUT2D eigenvalue weighted by Gasteiger charge is 2.43. The maximum atomic E-state index is 11.1. The molecule has 2 rings (SSSR count). The molecule has 2 unspecified atom stereocenters. The smallest absolute Gasteiger partial charge is 0.306 e. The Morgan fingerprint density at radius 3 is 2.70 bits per heavy atom. The van der Waals surface area contributed by atoms with Gasteiger partial charge in [0, 0.05) is 0 Å². The molecule has 3 N–H and O–H groups in total. The number of aryl methyl sites for hydroxylation is 1. The standard InChI is InChI=1S/C23H34O4/c1-2-21-19(12-8-16-23(21,27)17-22(25)26)14-15-20(24)13-7-6-11-18-9-4-3-5-10-18/h3-5,9-10,14-15,19-21,24,27H,2,6-8,11-13,16-17H2,1H3,(H,25,26)/t19-,20?,21?,23-/m0/s1. The zero-order valence-electron chi connectivity index (χ0n) is 16.4. The fourth-order valence-corrected chi connectivity index (χ4v) is 4.52. The van der Waals surface area contributed by atoms with Gasteiger partial charge in [-0.2, -0.15) is 0 Å². The Bertz CT molecular complexity index is 598. The summed E-state index contributed by atoms with van der Waals surface area (Å²) in [5.74, 6) is -0.880. The molecule has 0 amide bonds. The molecule has 0 heterocycles. The van der Waals surface area contributed by atoms with Crippen LogP contribution in [0.4, 0.5) is 0 Å². The molecule has 1 aliphatic carbocycles. The topological polar surface area (TPSA) is 77.8 Å². The summed E-state index contributed by atoms with van der Waals surface area (Å²) in [6.07, 6.45) is 10.0. The number of aliphatic hydroxyl groups excluding tert-OH is 1. The summed E-state index contributed by atoms with van der Waals surface area (Å²) in [6, 6.07) is 10.4. The lowest BCUT2D eigenvalue weighted by atomic mass is 9.66. The number of carbonyl (C=O) groups is 1. The van der Waals surface area contributed by atoms with Crippen LogP contribution < -0.4 is 0 Å². The monoisotopic (exact) mass is 374 g/mol. The van der Waals surface area contributed by atoms with Crippen LogP contribution in [-0.2, 0) is 11.2 Å². The zero-order valence-corrected chi connectivity index (χ0v) is 16.4. The van der Waals surface area contributed by atoms with Gasteiger partial charge < -0.3 is 15.3 Å². The maximum Gasteiger partial charge on any atom is 0.306 e. The first-order chi connectivity index (χ1) is 12.9. The van der Waals surface area contributed by atoms with Crippen LogP contribution >= 0.6 is 0 Å². The van der Waals surface area contributed by atoms with Crippen molar-refractivity contribution in [1.29, 1.82) is 0 Å². The first-order valence-corrected chi connectivity index (χ1v) is 10.3. The molecule has 1 fully saturated rings. The fourth-order valence-electron chi connectivity index (χ4n) is 4.52. The number of carboxylic acid groups (broad SMARTS) is 1. The van der Waals surface area contributed by atoms with E-state index in [4.69, 9.17) is 5.11 Å². The van der Waals surface area contributed by atoms with Crippen LogP contribution in [0.15, 0.2) is 42.5 Å². The van der Waals surface area contributed by atoms with Gasteiger partial charge in [0.2, 0.25) is 0 Å². The molecule has 4 heteroatoms. The van der Waals surface area contributed by atoms with E-state index in [1.54, 1.807) is 0 Å². The largest absolute Gasteiger partial charge is 0.481 e. The van der Waals surface area contributed by atoms with E-state index in [1.165, 1.54) is 5.56 Å². The number of allylic oxidation sites excluding steroid dienone is 1. The number of aliphatic hydroxyl groups is 2. The number of carboxylic acids is 1. The Balaban J connectivity index is 1.81. The third-order valence-electron chi connectivity index (χ3n) is 5.89. The lowest BCUT2D eigenvalue weighted by molar-refractivity contribution is -0.149. The van der Waals surface area contributed by atoms with Gasteiger partial charge in [-0.25, -0.2) is 0 Å². The predicted molar refractivity (Wildman–Crippen MR) is 107 cm³/mol. The quantitative estimate of drug-likeness (QED) is 0.420. The van der Waals surface area contributed by atoms with Gasteiger partial charge in [-0.15, -0.1) is 0 Å². The average molecular weight is 375 g/mol. The third-order valence-corrected chi connectivity index (χ3v) is 5.89. The van der Waals surface area contributed by atoms with E-state index in [9.17, 15) is 15.0 Å². The van der Waals surface area contributed by atoms with Crippen LogP contribution in [-0.4, -0.2) is 33.0 Å². The van der Waals surface area contributed by atoms with Crippen LogP contribution in [0.2, 0.25) is 0 Å². The molecule has 150 valence electrons. The van der Waals surface area contributed by atoms with E-state index in [2.05, 4.69) is 12.1 Å². The lowest BCUT2D eigenvalue weighted by Crippen LogP contribution is -2.46. The highest BCUT2D eigenvalue weighted by Crippen LogP contribution is 2.42. The average Bonchev–Trinajstić information content (AvgIpc) is 2.63. The first-order valence-electron chi connectivity index (χ1n) is 10.3. The minimum absolute atomic E-state index is 0.0659. The van der Waals surface area contributed by atoms with Crippen molar-refractivity contribution in [3.63, 3.8) is 0 Å². The van der Waals surface area contributed by atoms with Gasteiger partial charge in [0.05, 0.1) is 18.1 Å². The zero-order chi connectivity index (χ0) is 19.7. The van der Waals surface area contributed by atoms with Crippen molar-refractivity contribution < 1.29 is 20.1 Å². The van der Waals surface area contributed by atoms with Gasteiger partial charge in [0.1, 0.15) is 0 Å². The van der Waals surface area contributed by atoms with Crippen molar-refractivity contribution in [2.24, 2.45) is 11.8 Å². The Morgan fingerprint density at radius 2 is 2.04 bits per heavy atom. The Hall–Kier alpha value is -1.65. The van der Waals surface area contributed by atoms with Gasteiger partial charge in [0.15, 0.2) is 0 Å². The van der Waals surface area contributed by atoms with Crippen molar-refractivity contribution >= 4 is 5.97 Å². The molecule has 1 saturated carbocycles. The van der Waals surface area contributed by atoms with E-state index < -0.39 is 17.7 Å². The number of benzene rings is 1. The maximum absolute atomic E-state index is 11.1. The van der Waals surface area contributed by atoms with Crippen molar-refractivity contribution in [1.82, 2.24) is 0 Å². The summed E-state index contributed by atoms with van der Waals surface area (Å²) in [4.78, 5) is 11.1. The highest BCUT2D eigenvalue weighted by molar-refractivity contribution is 5.68. The molecule has 4 nitrogen and oxygen atoms in total. The number of aliphatic carboxylic acids is 1. The van der Waals surface area contributed by atoms with Gasteiger partial charge in [-0.05, 0) is 62.3 Å². The van der Waals surface area contributed by atoms with Crippen molar-refractivity contribution in [2.45, 2.75) is 76.4 Å². The summed E-state index contributed by atoms with van der Waals surface area (Å²) in [5, 5.41) is 30.2. The van der Waals surface area contributed by atoms with Crippen molar-refractivity contribution in [3.8, 4) is 0 Å². The second kappa shape index (κ2) is 10.6. The number of unbranched alkanes of at least 4 members (excludes halogenated alkanes) is 1. The first kappa shape index (κ1) is 21.6. The van der Waals surface area contributed by atoms with Gasteiger partial charge in [-0.1, -0.05) is 55.8 Å². The van der Waals surface area contributed by atoms with Crippen molar-refractivity contribution in [3.05, 3.63) is 48.0 Å². The Morgan fingerprint density at radius 1 is 1.30 bits per heavy atom. The molecule has 1 aromatic rings.